The number of amides is 1. The molecule has 0 bridgehead atoms. The highest BCUT2D eigenvalue weighted by atomic mass is 32.2. The van der Waals surface area contributed by atoms with Gasteiger partial charge in [0.05, 0.1) is 29.5 Å². The Morgan fingerprint density at radius 3 is 2.40 bits per heavy atom. The number of ether oxygens (including phenoxy) is 1. The molecule has 0 saturated heterocycles. The summed E-state index contributed by atoms with van der Waals surface area (Å²) >= 11 is 0. The molecule has 132 valence electrons. The summed E-state index contributed by atoms with van der Waals surface area (Å²) in [6.07, 6.45) is 1.70. The molecule has 0 fully saturated rings. The van der Waals surface area contributed by atoms with Crippen molar-refractivity contribution in [1.82, 2.24) is 4.98 Å². The molecule has 1 heterocycles. The fourth-order valence-corrected chi connectivity index (χ4v) is 3.07. The zero-order valence-electron chi connectivity index (χ0n) is 13.3. The maximum absolute atomic E-state index is 12.6. The molecule has 0 aliphatic rings. The molecule has 25 heavy (non-hydrogen) atoms. The Labute approximate surface area is 143 Å². The van der Waals surface area contributed by atoms with Gasteiger partial charge in [-0.2, -0.15) is 0 Å². The van der Waals surface area contributed by atoms with Crippen LogP contribution in [0.15, 0.2) is 47.6 Å². The lowest BCUT2D eigenvalue weighted by molar-refractivity contribution is 0.0696. The average molecular weight is 365 g/mol. The second kappa shape index (κ2) is 7.18. The van der Waals surface area contributed by atoms with Crippen molar-refractivity contribution in [1.29, 1.82) is 0 Å². The van der Waals surface area contributed by atoms with Crippen LogP contribution < -0.4 is 9.62 Å². The quantitative estimate of drug-likeness (QED) is 0.827. The Kier molecular flexibility index (Phi) is 5.22. The number of nitrogens with zero attached hydrogens (tertiary/aromatic N) is 2. The number of benzene rings is 1. The highest BCUT2D eigenvalue weighted by molar-refractivity contribution is 7.92. The number of rotatable bonds is 5. The lowest BCUT2D eigenvalue weighted by Gasteiger charge is -2.19. The Hall–Kier alpha value is -3.14. The van der Waals surface area contributed by atoms with Crippen LogP contribution in [0.4, 0.5) is 16.2 Å². The molecule has 1 aromatic heterocycles. The van der Waals surface area contributed by atoms with E-state index in [9.17, 15) is 18.0 Å². The monoisotopic (exact) mass is 365 g/mol. The minimum Gasteiger partial charge on any atom is -0.478 e. The molecule has 0 unspecified atom stereocenters. The summed E-state index contributed by atoms with van der Waals surface area (Å²) in [5.41, 5.74) is 0.344. The first-order chi connectivity index (χ1) is 11.8. The van der Waals surface area contributed by atoms with Crippen molar-refractivity contribution in [3.63, 3.8) is 0 Å². The summed E-state index contributed by atoms with van der Waals surface area (Å²) in [6, 6.07) is 6.64. The first-order valence-corrected chi connectivity index (χ1v) is 8.32. The van der Waals surface area contributed by atoms with Gasteiger partial charge in [-0.05, 0) is 30.3 Å². The van der Waals surface area contributed by atoms with Gasteiger partial charge in [-0.1, -0.05) is 0 Å². The number of carbonyl (C=O) groups is 2. The van der Waals surface area contributed by atoms with E-state index < -0.39 is 22.1 Å². The van der Waals surface area contributed by atoms with Crippen LogP contribution in [0.3, 0.4) is 0 Å². The van der Waals surface area contributed by atoms with E-state index in [-0.39, 0.29) is 16.1 Å². The minimum atomic E-state index is -3.93. The number of aromatic carboxylic acids is 1. The van der Waals surface area contributed by atoms with Gasteiger partial charge in [0, 0.05) is 18.9 Å². The molecule has 0 saturated carbocycles. The van der Waals surface area contributed by atoms with E-state index in [1.165, 1.54) is 50.7 Å². The lowest BCUT2D eigenvalue weighted by Crippen LogP contribution is -2.27. The van der Waals surface area contributed by atoms with Crippen LogP contribution in [0.5, 0.6) is 0 Å². The van der Waals surface area contributed by atoms with Crippen LogP contribution in [-0.4, -0.2) is 44.7 Å². The van der Waals surface area contributed by atoms with Gasteiger partial charge >= 0.3 is 12.1 Å². The zero-order valence-corrected chi connectivity index (χ0v) is 14.1. The summed E-state index contributed by atoms with van der Waals surface area (Å²) in [7, 11) is -1.43. The maximum atomic E-state index is 12.6. The molecule has 1 amide bonds. The lowest BCUT2D eigenvalue weighted by atomic mass is 10.3. The zero-order chi connectivity index (χ0) is 18.6. The predicted molar refractivity (Wildman–Crippen MR) is 89.3 cm³/mol. The van der Waals surface area contributed by atoms with Gasteiger partial charge in [-0.25, -0.2) is 18.0 Å². The van der Waals surface area contributed by atoms with E-state index in [1.807, 2.05) is 0 Å². The molecule has 0 aliphatic carbocycles. The van der Waals surface area contributed by atoms with Crippen LogP contribution in [0, 0.1) is 0 Å². The molecule has 2 aromatic rings. The van der Waals surface area contributed by atoms with Crippen LogP contribution >= 0.6 is 0 Å². The number of carboxylic acid groups (broad SMARTS) is 1. The van der Waals surface area contributed by atoms with E-state index in [0.717, 1.165) is 10.5 Å². The van der Waals surface area contributed by atoms with Crippen molar-refractivity contribution in [2.75, 3.05) is 23.8 Å². The average Bonchev–Trinajstić information content (AvgIpc) is 2.61. The molecular weight excluding hydrogens is 350 g/mol. The van der Waals surface area contributed by atoms with Crippen LogP contribution in [0.1, 0.15) is 10.4 Å². The molecule has 0 radical (unpaired) electrons. The van der Waals surface area contributed by atoms with Gasteiger partial charge in [0.25, 0.3) is 10.0 Å². The Morgan fingerprint density at radius 1 is 1.20 bits per heavy atom. The number of nitrogens with one attached hydrogen (secondary N) is 1. The van der Waals surface area contributed by atoms with E-state index >= 15 is 0 Å². The number of carbonyl (C=O) groups excluding carboxylic acids is 1. The van der Waals surface area contributed by atoms with Gasteiger partial charge in [0.15, 0.2) is 0 Å². The summed E-state index contributed by atoms with van der Waals surface area (Å²) in [4.78, 5) is 25.8. The first-order valence-electron chi connectivity index (χ1n) is 6.88. The molecule has 0 aliphatic heterocycles. The summed E-state index contributed by atoms with van der Waals surface area (Å²) < 4.78 is 30.7. The van der Waals surface area contributed by atoms with Gasteiger partial charge in [0.2, 0.25) is 0 Å². The van der Waals surface area contributed by atoms with Crippen molar-refractivity contribution >= 4 is 33.5 Å². The standard InChI is InChI=1S/C15H15N3O6S/c1-18(12-7-10(14(19)20)8-16-9-12)25(22,23)13-5-3-11(4-6-13)17-15(21)24-2/h3-9H,1-2H3,(H,17,21)(H,19,20). The third-order valence-corrected chi connectivity index (χ3v) is 5.08. The van der Waals surface area contributed by atoms with Gasteiger partial charge < -0.3 is 9.84 Å². The largest absolute Gasteiger partial charge is 0.478 e. The summed E-state index contributed by atoms with van der Waals surface area (Å²) in [5.74, 6) is -1.21. The molecule has 10 heteroatoms. The van der Waals surface area contributed by atoms with Crippen LogP contribution in [0.25, 0.3) is 0 Å². The second-order valence-corrected chi connectivity index (χ2v) is 6.82. The number of methoxy groups -OCH3 is 1. The minimum absolute atomic E-state index is 0.0360. The highest BCUT2D eigenvalue weighted by Crippen LogP contribution is 2.23. The van der Waals surface area contributed by atoms with Gasteiger partial charge in [0.1, 0.15) is 0 Å². The normalized spacial score (nSPS) is 10.8. The number of aromatic nitrogens is 1. The van der Waals surface area contributed by atoms with E-state index in [1.54, 1.807) is 0 Å². The molecule has 1 aromatic carbocycles. The molecule has 0 atom stereocenters. The number of anilines is 2. The van der Waals surface area contributed by atoms with Crippen molar-refractivity contribution in [3.8, 4) is 0 Å². The van der Waals surface area contributed by atoms with Crippen molar-refractivity contribution in [3.05, 3.63) is 48.3 Å². The van der Waals surface area contributed by atoms with Gasteiger partial charge in [-0.15, -0.1) is 0 Å². The molecule has 2 N–H and O–H groups in total. The van der Waals surface area contributed by atoms with Crippen molar-refractivity contribution < 1.29 is 27.9 Å². The van der Waals surface area contributed by atoms with Crippen molar-refractivity contribution in [2.24, 2.45) is 0 Å². The van der Waals surface area contributed by atoms with E-state index in [4.69, 9.17) is 5.11 Å². The molecular formula is C15H15N3O6S. The number of hydrogen-bond donors (Lipinski definition) is 2. The third-order valence-electron chi connectivity index (χ3n) is 3.28. The van der Waals surface area contributed by atoms with Gasteiger partial charge in [-0.3, -0.25) is 14.6 Å². The second-order valence-electron chi connectivity index (χ2n) is 4.85. The number of carboxylic acids is 1. The highest BCUT2D eigenvalue weighted by Gasteiger charge is 2.22. The summed E-state index contributed by atoms with van der Waals surface area (Å²) in [6.45, 7) is 0. The number of pyridine rings is 1. The first kappa shape index (κ1) is 18.2. The Morgan fingerprint density at radius 2 is 1.84 bits per heavy atom. The molecule has 0 spiro atoms. The smallest absolute Gasteiger partial charge is 0.411 e. The third kappa shape index (κ3) is 4.04. The molecule has 9 nitrogen and oxygen atoms in total. The fourth-order valence-electron chi connectivity index (χ4n) is 1.89. The van der Waals surface area contributed by atoms with E-state index in [2.05, 4.69) is 15.0 Å². The predicted octanol–water partition coefficient (Wildman–Crippen LogP) is 1.78. The van der Waals surface area contributed by atoms with Crippen molar-refractivity contribution in [2.45, 2.75) is 4.90 Å². The van der Waals surface area contributed by atoms with Crippen LogP contribution in [-0.2, 0) is 14.8 Å². The topological polar surface area (TPSA) is 126 Å². The SMILES string of the molecule is COC(=O)Nc1ccc(S(=O)(=O)N(C)c2cncc(C(=O)O)c2)cc1. The Bertz CT molecular complexity index is 896. The maximum Gasteiger partial charge on any atom is 0.411 e. The Balaban J connectivity index is 2.30. The molecule has 2 rings (SSSR count). The van der Waals surface area contributed by atoms with E-state index in [0.29, 0.717) is 5.69 Å². The fraction of sp³-hybridized carbons (Fsp3) is 0.133. The number of sulfonamides is 1. The number of hydrogen-bond acceptors (Lipinski definition) is 6. The summed E-state index contributed by atoms with van der Waals surface area (Å²) in [5, 5.41) is 11.4. The van der Waals surface area contributed by atoms with Crippen LogP contribution in [0.2, 0.25) is 0 Å².